The van der Waals surface area contributed by atoms with Gasteiger partial charge in [0.15, 0.2) is 0 Å². The molecule has 0 radical (unpaired) electrons. The smallest absolute Gasteiger partial charge is 0.309 e. The predicted molar refractivity (Wildman–Crippen MR) is 81.1 cm³/mol. The Morgan fingerprint density at radius 1 is 1.35 bits per heavy atom. The zero-order valence-electron chi connectivity index (χ0n) is 12.7. The minimum Gasteiger partial charge on any atom is -0.309 e. The number of halogens is 3. The molecule has 1 aromatic heterocycles. The van der Waals surface area contributed by atoms with Crippen LogP contribution < -0.4 is 5.56 Å². The van der Waals surface area contributed by atoms with Gasteiger partial charge in [-0.25, -0.2) is 4.98 Å². The molecule has 0 amide bonds. The number of nitrogens with one attached hydrogen (secondary N) is 1. The average Bonchev–Trinajstić information content (AvgIpc) is 2.53. The molecule has 1 saturated heterocycles. The average molecular weight is 325 g/mol. The van der Waals surface area contributed by atoms with Crippen LogP contribution in [0.5, 0.6) is 0 Å². The van der Waals surface area contributed by atoms with E-state index < -0.39 is 12.1 Å². The second kappa shape index (κ2) is 5.96. The van der Waals surface area contributed by atoms with Gasteiger partial charge in [0.2, 0.25) is 0 Å². The number of aromatic nitrogens is 2. The van der Waals surface area contributed by atoms with Crippen molar-refractivity contribution in [3.63, 3.8) is 0 Å². The lowest BCUT2D eigenvalue weighted by Gasteiger charge is -2.36. The number of H-pyrrole nitrogens is 1. The van der Waals surface area contributed by atoms with E-state index in [0.717, 1.165) is 0 Å². The van der Waals surface area contributed by atoms with Crippen molar-refractivity contribution < 1.29 is 13.2 Å². The van der Waals surface area contributed by atoms with Crippen LogP contribution in [-0.4, -0.2) is 34.1 Å². The van der Waals surface area contributed by atoms with E-state index in [-0.39, 0.29) is 24.6 Å². The zero-order chi connectivity index (χ0) is 16.6. The lowest BCUT2D eigenvalue weighted by Crippen LogP contribution is -2.43. The number of nitrogens with zero attached hydrogens (tertiary/aromatic N) is 2. The number of rotatable bonds is 2. The van der Waals surface area contributed by atoms with Crippen LogP contribution in [0.2, 0.25) is 0 Å². The first-order valence-electron chi connectivity index (χ1n) is 7.66. The van der Waals surface area contributed by atoms with Gasteiger partial charge in [-0.2, -0.15) is 13.2 Å². The number of benzene rings is 1. The molecule has 124 valence electrons. The molecule has 0 spiro atoms. The molecule has 1 aromatic carbocycles. The highest BCUT2D eigenvalue weighted by Crippen LogP contribution is 2.35. The molecule has 0 bridgehead atoms. The van der Waals surface area contributed by atoms with E-state index >= 15 is 0 Å². The number of alkyl halides is 3. The monoisotopic (exact) mass is 325 g/mol. The third kappa shape index (κ3) is 3.24. The number of hydrogen-bond acceptors (Lipinski definition) is 3. The van der Waals surface area contributed by atoms with Crippen LogP contribution in [-0.2, 0) is 0 Å². The van der Waals surface area contributed by atoms with Crippen molar-refractivity contribution in [1.29, 1.82) is 0 Å². The Morgan fingerprint density at radius 3 is 2.83 bits per heavy atom. The summed E-state index contributed by atoms with van der Waals surface area (Å²) in [6.45, 7) is 2.30. The van der Waals surface area contributed by atoms with Gasteiger partial charge in [-0.15, -0.1) is 0 Å². The fourth-order valence-corrected chi connectivity index (χ4v) is 3.10. The Hall–Kier alpha value is -1.89. The quantitative estimate of drug-likeness (QED) is 0.922. The van der Waals surface area contributed by atoms with Crippen LogP contribution in [0.4, 0.5) is 13.2 Å². The molecular weight excluding hydrogens is 307 g/mol. The van der Waals surface area contributed by atoms with Crippen molar-refractivity contribution in [3.8, 4) is 0 Å². The van der Waals surface area contributed by atoms with Gasteiger partial charge in [0.05, 0.1) is 22.9 Å². The van der Waals surface area contributed by atoms with Crippen molar-refractivity contribution >= 4 is 10.9 Å². The summed E-state index contributed by atoms with van der Waals surface area (Å²) in [6.07, 6.45) is -3.52. The van der Waals surface area contributed by atoms with Gasteiger partial charge in [0, 0.05) is 6.54 Å². The maximum atomic E-state index is 13.0. The minimum atomic E-state index is -4.18. The molecule has 4 nitrogen and oxygen atoms in total. The summed E-state index contributed by atoms with van der Waals surface area (Å²) < 4.78 is 38.9. The van der Waals surface area contributed by atoms with Gasteiger partial charge in [0.1, 0.15) is 5.82 Å². The summed E-state index contributed by atoms with van der Waals surface area (Å²) in [5.74, 6) is -0.901. The van der Waals surface area contributed by atoms with Gasteiger partial charge in [0.25, 0.3) is 5.56 Å². The fourth-order valence-electron chi connectivity index (χ4n) is 3.10. The van der Waals surface area contributed by atoms with Gasteiger partial charge < -0.3 is 4.98 Å². The van der Waals surface area contributed by atoms with Gasteiger partial charge in [-0.3, -0.25) is 9.69 Å². The third-order valence-electron chi connectivity index (χ3n) is 4.49. The molecule has 0 aliphatic carbocycles. The first kappa shape index (κ1) is 16.0. The highest BCUT2D eigenvalue weighted by molar-refractivity contribution is 5.77. The van der Waals surface area contributed by atoms with E-state index in [4.69, 9.17) is 0 Å². The molecule has 3 rings (SSSR count). The Bertz CT molecular complexity index is 756. The van der Waals surface area contributed by atoms with Gasteiger partial charge in [-0.1, -0.05) is 12.1 Å². The van der Waals surface area contributed by atoms with Crippen LogP contribution in [0.15, 0.2) is 29.1 Å². The van der Waals surface area contributed by atoms with Crippen LogP contribution in [0.1, 0.15) is 31.6 Å². The second-order valence-corrected chi connectivity index (χ2v) is 6.02. The van der Waals surface area contributed by atoms with Crippen molar-refractivity contribution in [2.24, 2.45) is 5.92 Å². The Balaban J connectivity index is 1.88. The largest absolute Gasteiger partial charge is 0.393 e. The topological polar surface area (TPSA) is 49.0 Å². The standard InChI is InChI=1S/C16H18F3N3O/c1-10(22-8-4-5-11(9-22)16(17,18)19)14-20-13-7-3-2-6-12(13)15(23)21-14/h2-3,6-7,10-11H,4-5,8-9H2,1H3,(H,20,21,23). The lowest BCUT2D eigenvalue weighted by atomic mass is 9.96. The highest BCUT2D eigenvalue weighted by atomic mass is 19.4. The molecule has 1 fully saturated rings. The Labute approximate surface area is 131 Å². The van der Waals surface area contributed by atoms with E-state index in [0.29, 0.717) is 29.7 Å². The third-order valence-corrected chi connectivity index (χ3v) is 4.49. The van der Waals surface area contributed by atoms with Gasteiger partial charge in [-0.05, 0) is 38.4 Å². The van der Waals surface area contributed by atoms with E-state index in [9.17, 15) is 18.0 Å². The minimum absolute atomic E-state index is 0.0544. The number of piperidine rings is 1. The molecule has 2 heterocycles. The van der Waals surface area contributed by atoms with Crippen molar-refractivity contribution in [3.05, 3.63) is 40.4 Å². The first-order chi connectivity index (χ1) is 10.9. The molecule has 0 saturated carbocycles. The van der Waals surface area contributed by atoms with E-state index in [1.807, 2.05) is 0 Å². The number of aromatic amines is 1. The summed E-state index contributed by atoms with van der Waals surface area (Å²) in [5.41, 5.74) is 0.296. The van der Waals surface area contributed by atoms with E-state index in [1.54, 1.807) is 36.1 Å². The molecule has 2 atom stereocenters. The zero-order valence-corrected chi connectivity index (χ0v) is 12.7. The SMILES string of the molecule is CC(c1nc2ccccc2c(=O)[nH]1)N1CCCC(C(F)(F)F)C1. The Morgan fingerprint density at radius 2 is 2.09 bits per heavy atom. The summed E-state index contributed by atoms with van der Waals surface area (Å²) in [7, 11) is 0. The maximum absolute atomic E-state index is 13.0. The molecule has 1 aliphatic rings. The molecular formula is C16H18F3N3O. The molecule has 1 aliphatic heterocycles. The number of hydrogen-bond donors (Lipinski definition) is 1. The normalized spacial score (nSPS) is 21.5. The highest BCUT2D eigenvalue weighted by Gasteiger charge is 2.42. The summed E-state index contributed by atoms with van der Waals surface area (Å²) in [5, 5.41) is 0.482. The van der Waals surface area contributed by atoms with E-state index in [2.05, 4.69) is 9.97 Å². The van der Waals surface area contributed by atoms with Crippen LogP contribution in [0.3, 0.4) is 0 Å². The van der Waals surface area contributed by atoms with Crippen LogP contribution in [0, 0.1) is 5.92 Å². The number of likely N-dealkylation sites (tertiary alicyclic amines) is 1. The van der Waals surface area contributed by atoms with Crippen molar-refractivity contribution in [2.45, 2.75) is 32.0 Å². The molecule has 23 heavy (non-hydrogen) atoms. The van der Waals surface area contributed by atoms with Crippen LogP contribution >= 0.6 is 0 Å². The second-order valence-electron chi connectivity index (χ2n) is 6.02. The van der Waals surface area contributed by atoms with E-state index in [1.165, 1.54) is 0 Å². The number of para-hydroxylation sites is 1. The summed E-state index contributed by atoms with van der Waals surface area (Å²) >= 11 is 0. The molecule has 1 N–H and O–H groups in total. The van der Waals surface area contributed by atoms with Crippen molar-refractivity contribution in [1.82, 2.24) is 14.9 Å². The van der Waals surface area contributed by atoms with Gasteiger partial charge >= 0.3 is 6.18 Å². The maximum Gasteiger partial charge on any atom is 0.393 e. The lowest BCUT2D eigenvalue weighted by molar-refractivity contribution is -0.188. The predicted octanol–water partition coefficient (Wildman–Crippen LogP) is 3.26. The molecule has 7 heteroatoms. The number of fused-ring (bicyclic) bond motifs is 1. The Kier molecular flexibility index (Phi) is 4.14. The molecule has 2 aromatic rings. The van der Waals surface area contributed by atoms with Crippen molar-refractivity contribution in [2.75, 3.05) is 13.1 Å². The van der Waals surface area contributed by atoms with Crippen LogP contribution in [0.25, 0.3) is 10.9 Å². The molecule has 2 unspecified atom stereocenters. The summed E-state index contributed by atoms with van der Waals surface area (Å²) in [6, 6.07) is 6.58. The first-order valence-corrected chi connectivity index (χ1v) is 7.66. The fraction of sp³-hybridized carbons (Fsp3) is 0.500. The summed E-state index contributed by atoms with van der Waals surface area (Å²) in [4.78, 5) is 21.0.